The number of carbonyl (C=O) groups excluding carboxylic acids is 1. The van der Waals surface area contributed by atoms with Crippen LogP contribution in [0.2, 0.25) is 0 Å². The molecule has 21 heavy (non-hydrogen) atoms. The Labute approximate surface area is 124 Å². The highest BCUT2D eigenvalue weighted by Crippen LogP contribution is 2.27. The van der Waals surface area contributed by atoms with Crippen LogP contribution in [0.3, 0.4) is 0 Å². The second kappa shape index (κ2) is 6.06. The molecule has 0 saturated heterocycles. The van der Waals surface area contributed by atoms with Crippen molar-refractivity contribution in [2.75, 3.05) is 13.2 Å². The fourth-order valence-electron chi connectivity index (χ4n) is 2.73. The Morgan fingerprint density at radius 1 is 1.38 bits per heavy atom. The molecule has 108 valence electrons. The number of Topliss-reactive ketones (excluding diaryl/α,β-unsaturated/α-hetero) is 1. The highest BCUT2D eigenvalue weighted by Gasteiger charge is 2.27. The van der Waals surface area contributed by atoms with Gasteiger partial charge in [0.2, 0.25) is 0 Å². The van der Waals surface area contributed by atoms with E-state index in [1.807, 2.05) is 25.1 Å². The number of aromatic nitrogens is 1. The number of carbonyl (C=O) groups is 1. The van der Waals surface area contributed by atoms with E-state index >= 15 is 0 Å². The van der Waals surface area contributed by atoms with E-state index in [9.17, 15) is 4.79 Å². The smallest absolute Gasteiger partial charge is 0.173 e. The number of pyridine rings is 1. The highest BCUT2D eigenvalue weighted by atomic mass is 16.5. The number of hydrogen-bond acceptors (Lipinski definition) is 4. The number of nitrogens with one attached hydrogen (secondary N) is 1. The zero-order valence-electron chi connectivity index (χ0n) is 12.0. The van der Waals surface area contributed by atoms with Crippen LogP contribution in [0.25, 0.3) is 0 Å². The summed E-state index contributed by atoms with van der Waals surface area (Å²) in [6.45, 7) is 3.95. The summed E-state index contributed by atoms with van der Waals surface area (Å²) in [5.41, 5.74) is 2.91. The summed E-state index contributed by atoms with van der Waals surface area (Å²) in [5, 5.41) is 3.31. The van der Waals surface area contributed by atoms with Gasteiger partial charge in [0.15, 0.2) is 5.78 Å². The van der Waals surface area contributed by atoms with Crippen LogP contribution in [0.4, 0.5) is 0 Å². The van der Waals surface area contributed by atoms with Crippen molar-refractivity contribution < 1.29 is 9.53 Å². The average molecular weight is 282 g/mol. The lowest BCUT2D eigenvalue weighted by molar-refractivity contribution is 0.0954. The van der Waals surface area contributed by atoms with Crippen LogP contribution in [-0.4, -0.2) is 23.9 Å². The third kappa shape index (κ3) is 2.81. The number of nitrogens with zero attached hydrogens (tertiary/aromatic N) is 1. The van der Waals surface area contributed by atoms with Crippen LogP contribution in [0.5, 0.6) is 5.75 Å². The molecule has 0 saturated carbocycles. The largest absolute Gasteiger partial charge is 0.492 e. The lowest BCUT2D eigenvalue weighted by Gasteiger charge is -2.25. The Hall–Kier alpha value is -2.20. The van der Waals surface area contributed by atoms with Gasteiger partial charge < -0.3 is 10.1 Å². The van der Waals surface area contributed by atoms with E-state index in [1.54, 1.807) is 18.5 Å². The Bertz CT molecular complexity index is 655. The molecule has 4 heteroatoms. The van der Waals surface area contributed by atoms with Crippen LogP contribution in [-0.2, 0) is 6.54 Å². The molecule has 1 aliphatic heterocycles. The van der Waals surface area contributed by atoms with E-state index in [0.717, 1.165) is 12.1 Å². The zero-order chi connectivity index (χ0) is 14.7. The number of benzene rings is 1. The molecule has 0 radical (unpaired) electrons. The molecule has 1 aromatic heterocycles. The minimum atomic E-state index is -0.159. The third-order valence-corrected chi connectivity index (χ3v) is 3.72. The molecule has 1 atom stereocenters. The van der Waals surface area contributed by atoms with Crippen molar-refractivity contribution >= 4 is 5.78 Å². The van der Waals surface area contributed by atoms with Gasteiger partial charge in [0.05, 0.1) is 18.7 Å². The normalized spacial score (nSPS) is 17.1. The standard InChI is InChI=1S/C17H18N2O2/c1-2-21-14-7-13(9-18-10-14)17(20)16-11-19-8-12-5-3-4-6-15(12)16/h3-7,9-10,16,19H,2,8,11H2,1H3. The first-order chi connectivity index (χ1) is 10.3. The number of hydrogen-bond donors (Lipinski definition) is 1. The molecule has 0 spiro atoms. The van der Waals surface area contributed by atoms with Crippen molar-refractivity contribution in [2.45, 2.75) is 19.4 Å². The molecular formula is C17H18N2O2. The van der Waals surface area contributed by atoms with Gasteiger partial charge in [-0.3, -0.25) is 9.78 Å². The maximum absolute atomic E-state index is 12.8. The molecule has 4 nitrogen and oxygen atoms in total. The van der Waals surface area contributed by atoms with Crippen LogP contribution in [0.15, 0.2) is 42.7 Å². The van der Waals surface area contributed by atoms with Gasteiger partial charge in [-0.1, -0.05) is 24.3 Å². The summed E-state index contributed by atoms with van der Waals surface area (Å²) in [6, 6.07) is 9.87. The molecule has 0 bridgehead atoms. The average Bonchev–Trinajstić information content (AvgIpc) is 2.54. The molecule has 1 aliphatic rings. The summed E-state index contributed by atoms with van der Waals surface area (Å²) < 4.78 is 5.42. The second-order valence-corrected chi connectivity index (χ2v) is 5.09. The second-order valence-electron chi connectivity index (χ2n) is 5.09. The van der Waals surface area contributed by atoms with Crippen LogP contribution in [0.1, 0.15) is 34.3 Å². The molecule has 1 unspecified atom stereocenters. The predicted molar refractivity (Wildman–Crippen MR) is 80.6 cm³/mol. The van der Waals surface area contributed by atoms with E-state index in [4.69, 9.17) is 4.74 Å². The SMILES string of the molecule is CCOc1cncc(C(=O)C2CNCc3ccccc32)c1. The Balaban J connectivity index is 1.91. The molecule has 2 heterocycles. The number of ether oxygens (including phenoxy) is 1. The Morgan fingerprint density at radius 3 is 3.10 bits per heavy atom. The number of rotatable bonds is 4. The maximum Gasteiger partial charge on any atom is 0.173 e. The van der Waals surface area contributed by atoms with Gasteiger partial charge in [0, 0.05) is 24.8 Å². The first-order valence-corrected chi connectivity index (χ1v) is 7.20. The topological polar surface area (TPSA) is 51.2 Å². The predicted octanol–water partition coefficient (Wildman–Crippen LogP) is 2.55. The van der Waals surface area contributed by atoms with Crippen LogP contribution in [0, 0.1) is 0 Å². The van der Waals surface area contributed by atoms with Crippen molar-refractivity contribution in [1.82, 2.24) is 10.3 Å². The minimum absolute atomic E-state index is 0.0868. The first-order valence-electron chi connectivity index (χ1n) is 7.20. The summed E-state index contributed by atoms with van der Waals surface area (Å²) in [6.07, 6.45) is 3.25. The summed E-state index contributed by atoms with van der Waals surface area (Å²) in [4.78, 5) is 16.9. The Morgan fingerprint density at radius 2 is 2.24 bits per heavy atom. The van der Waals surface area contributed by atoms with E-state index in [1.165, 1.54) is 5.56 Å². The molecule has 0 aliphatic carbocycles. The van der Waals surface area contributed by atoms with Crippen molar-refractivity contribution in [3.8, 4) is 5.75 Å². The van der Waals surface area contributed by atoms with Crippen molar-refractivity contribution in [2.24, 2.45) is 0 Å². The van der Waals surface area contributed by atoms with Crippen molar-refractivity contribution in [3.05, 3.63) is 59.4 Å². The zero-order valence-corrected chi connectivity index (χ0v) is 12.0. The van der Waals surface area contributed by atoms with Gasteiger partial charge in [-0.25, -0.2) is 0 Å². The molecule has 1 aromatic carbocycles. The summed E-state index contributed by atoms with van der Waals surface area (Å²) in [5.74, 6) is 0.567. The van der Waals surface area contributed by atoms with E-state index < -0.39 is 0 Å². The van der Waals surface area contributed by atoms with Gasteiger partial charge in [0.1, 0.15) is 5.75 Å². The molecule has 1 N–H and O–H groups in total. The molecule has 0 fully saturated rings. The Kier molecular flexibility index (Phi) is 3.97. The van der Waals surface area contributed by atoms with E-state index in [-0.39, 0.29) is 11.7 Å². The lowest BCUT2D eigenvalue weighted by Crippen LogP contribution is -2.32. The summed E-state index contributed by atoms with van der Waals surface area (Å²) in [7, 11) is 0. The van der Waals surface area contributed by atoms with Gasteiger partial charge >= 0.3 is 0 Å². The fraction of sp³-hybridized carbons (Fsp3) is 0.294. The third-order valence-electron chi connectivity index (χ3n) is 3.72. The minimum Gasteiger partial charge on any atom is -0.492 e. The molecule has 0 amide bonds. The van der Waals surface area contributed by atoms with Crippen LogP contribution < -0.4 is 10.1 Å². The van der Waals surface area contributed by atoms with Gasteiger partial charge in [-0.2, -0.15) is 0 Å². The molecule has 2 aromatic rings. The maximum atomic E-state index is 12.8. The van der Waals surface area contributed by atoms with Crippen molar-refractivity contribution in [1.29, 1.82) is 0 Å². The molecular weight excluding hydrogens is 264 g/mol. The van der Waals surface area contributed by atoms with E-state index in [2.05, 4.69) is 16.4 Å². The van der Waals surface area contributed by atoms with Gasteiger partial charge in [-0.15, -0.1) is 0 Å². The van der Waals surface area contributed by atoms with E-state index in [0.29, 0.717) is 24.5 Å². The molecule has 3 rings (SSSR count). The highest BCUT2D eigenvalue weighted by molar-refractivity contribution is 6.01. The summed E-state index contributed by atoms with van der Waals surface area (Å²) >= 11 is 0. The fourth-order valence-corrected chi connectivity index (χ4v) is 2.73. The number of fused-ring (bicyclic) bond motifs is 1. The first kappa shape index (κ1) is 13.8. The number of ketones is 1. The van der Waals surface area contributed by atoms with Crippen LogP contribution >= 0.6 is 0 Å². The monoisotopic (exact) mass is 282 g/mol. The van der Waals surface area contributed by atoms with Gasteiger partial charge in [-0.05, 0) is 24.1 Å². The van der Waals surface area contributed by atoms with Crippen molar-refractivity contribution in [3.63, 3.8) is 0 Å². The lowest BCUT2D eigenvalue weighted by atomic mass is 9.85. The van der Waals surface area contributed by atoms with Gasteiger partial charge in [0.25, 0.3) is 0 Å². The quantitative estimate of drug-likeness (QED) is 0.876.